The second-order valence-corrected chi connectivity index (χ2v) is 9.10. The van der Waals surface area contributed by atoms with Crippen LogP contribution in [0, 0.1) is 5.92 Å². The van der Waals surface area contributed by atoms with Crippen molar-refractivity contribution in [3.05, 3.63) is 48.0 Å². The van der Waals surface area contributed by atoms with Gasteiger partial charge in [-0.05, 0) is 29.7 Å². The minimum absolute atomic E-state index is 0.910. The molecule has 2 N–H and O–H groups in total. The summed E-state index contributed by atoms with van der Waals surface area (Å²) in [5.41, 5.74) is 1.54. The van der Waals surface area contributed by atoms with Gasteiger partial charge in [0.1, 0.15) is 31.7 Å². The van der Waals surface area contributed by atoms with Crippen LogP contribution in [0.5, 0.6) is 0 Å². The largest absolute Gasteiger partial charge is 0.323 e. The van der Waals surface area contributed by atoms with E-state index in [1.807, 2.05) is 9.80 Å². The van der Waals surface area contributed by atoms with Gasteiger partial charge in [0.25, 0.3) is 0 Å². The molecule has 0 radical (unpaired) electrons. The minimum Gasteiger partial charge on any atom is -0.323 e. The Balaban J connectivity index is 1.41. The van der Waals surface area contributed by atoms with E-state index in [9.17, 15) is 0 Å². The zero-order chi connectivity index (χ0) is 17.3. The van der Waals surface area contributed by atoms with E-state index in [0.29, 0.717) is 0 Å². The highest BCUT2D eigenvalue weighted by atomic mass is 15.3. The predicted octanol–water partition coefficient (Wildman–Crippen LogP) is 2.23. The van der Waals surface area contributed by atoms with Gasteiger partial charge in [0.05, 0.1) is 6.54 Å². The topological polar surface area (TPSA) is 8.88 Å². The summed E-state index contributed by atoms with van der Waals surface area (Å²) in [4.78, 5) is 3.85. The lowest BCUT2D eigenvalue weighted by Crippen LogP contribution is -3.32. The highest BCUT2D eigenvalue weighted by Crippen LogP contribution is 2.28. The van der Waals surface area contributed by atoms with Gasteiger partial charge in [-0.25, -0.2) is 0 Å². The fourth-order valence-electron chi connectivity index (χ4n) is 6.43. The summed E-state index contributed by atoms with van der Waals surface area (Å²) in [5.74, 6) is 0.984. The second-order valence-electron chi connectivity index (χ2n) is 9.10. The van der Waals surface area contributed by atoms with Crippen molar-refractivity contribution >= 4 is 10.8 Å². The van der Waals surface area contributed by atoms with Crippen LogP contribution in [0.15, 0.2) is 42.5 Å². The van der Waals surface area contributed by atoms with Crippen LogP contribution in [-0.4, -0.2) is 31.7 Å². The summed E-state index contributed by atoms with van der Waals surface area (Å²) >= 11 is 0. The molecular weight excluding hydrogens is 316 g/mol. The van der Waals surface area contributed by atoms with Gasteiger partial charge in [-0.1, -0.05) is 55.7 Å². The van der Waals surface area contributed by atoms with E-state index in [1.165, 1.54) is 81.9 Å². The highest BCUT2D eigenvalue weighted by Gasteiger charge is 2.49. The van der Waals surface area contributed by atoms with E-state index in [0.717, 1.165) is 18.0 Å². The van der Waals surface area contributed by atoms with Crippen LogP contribution < -0.4 is 9.80 Å². The van der Waals surface area contributed by atoms with E-state index < -0.39 is 0 Å². The maximum atomic E-state index is 2.45. The van der Waals surface area contributed by atoms with Crippen molar-refractivity contribution in [3.63, 3.8) is 0 Å². The van der Waals surface area contributed by atoms with Crippen molar-refractivity contribution in [1.29, 1.82) is 0 Å². The molecule has 138 valence electrons. The van der Waals surface area contributed by atoms with Crippen molar-refractivity contribution in [2.24, 2.45) is 5.92 Å². The molecule has 2 unspecified atom stereocenters. The molecule has 2 aromatic rings. The number of piperazine rings is 1. The molecule has 26 heavy (non-hydrogen) atoms. The Labute approximate surface area is 158 Å². The van der Waals surface area contributed by atoms with Gasteiger partial charge in [-0.3, -0.25) is 0 Å². The van der Waals surface area contributed by atoms with Gasteiger partial charge in [0.15, 0.2) is 0 Å². The molecule has 4 atom stereocenters. The van der Waals surface area contributed by atoms with E-state index in [4.69, 9.17) is 0 Å². The fourth-order valence-corrected chi connectivity index (χ4v) is 6.43. The van der Waals surface area contributed by atoms with Crippen LogP contribution in [0.4, 0.5) is 0 Å². The third kappa shape index (κ3) is 3.18. The van der Waals surface area contributed by atoms with Gasteiger partial charge in [-0.15, -0.1) is 0 Å². The van der Waals surface area contributed by atoms with Crippen molar-refractivity contribution in [3.8, 4) is 0 Å². The minimum atomic E-state index is 0.910. The molecule has 0 aromatic heterocycles. The lowest BCUT2D eigenvalue weighted by Gasteiger charge is -2.44. The quantitative estimate of drug-likeness (QED) is 0.840. The molecule has 2 heterocycles. The first-order valence-corrected chi connectivity index (χ1v) is 11.1. The number of nitrogens with one attached hydrogen (secondary N) is 2. The van der Waals surface area contributed by atoms with Crippen molar-refractivity contribution in [2.75, 3.05) is 19.6 Å². The molecule has 1 saturated carbocycles. The molecule has 2 heteroatoms. The normalized spacial score (nSPS) is 32.6. The van der Waals surface area contributed by atoms with Gasteiger partial charge in [0, 0.05) is 24.3 Å². The molecule has 3 aliphatic rings. The Morgan fingerprint density at radius 3 is 2.50 bits per heavy atom. The van der Waals surface area contributed by atoms with Gasteiger partial charge < -0.3 is 9.80 Å². The Morgan fingerprint density at radius 2 is 1.62 bits per heavy atom. The zero-order valence-electron chi connectivity index (χ0n) is 16.1. The maximum Gasteiger partial charge on any atom is 0.143 e. The summed E-state index contributed by atoms with van der Waals surface area (Å²) in [5, 5.41) is 2.78. The molecule has 0 spiro atoms. The molecule has 2 aliphatic heterocycles. The van der Waals surface area contributed by atoms with E-state index in [1.54, 1.807) is 5.56 Å². The van der Waals surface area contributed by atoms with Crippen LogP contribution in [0.25, 0.3) is 10.8 Å². The summed E-state index contributed by atoms with van der Waals surface area (Å²) in [6, 6.07) is 17.9. The molecule has 2 saturated heterocycles. The number of fused-ring (bicyclic) bond motifs is 2. The van der Waals surface area contributed by atoms with E-state index >= 15 is 0 Å². The Kier molecular flexibility index (Phi) is 4.72. The molecule has 2 nitrogen and oxygen atoms in total. The Hall–Kier alpha value is -1.38. The molecule has 0 amide bonds. The average molecular weight is 351 g/mol. The maximum absolute atomic E-state index is 2.45. The van der Waals surface area contributed by atoms with Crippen LogP contribution in [-0.2, 0) is 6.54 Å². The lowest BCUT2D eigenvalue weighted by atomic mass is 9.78. The summed E-state index contributed by atoms with van der Waals surface area (Å²) in [6.45, 7) is 5.45. The summed E-state index contributed by atoms with van der Waals surface area (Å²) in [7, 11) is 0. The number of quaternary nitrogens is 2. The Bertz CT molecular complexity index is 749. The first-order chi connectivity index (χ1) is 12.9. The number of benzene rings is 2. The summed E-state index contributed by atoms with van der Waals surface area (Å²) < 4.78 is 0. The highest BCUT2D eigenvalue weighted by molar-refractivity contribution is 5.82. The SMILES string of the molecule is c1ccc2cc(C[NH+]3CC[NH+]4CCC[C@@H]4[C@@H]3C3CCCCC3)ccc2c1. The molecule has 0 bridgehead atoms. The number of hydrogen-bond acceptors (Lipinski definition) is 0. The van der Waals surface area contributed by atoms with Crippen molar-refractivity contribution in [2.45, 2.75) is 63.6 Å². The molecular formula is C24H34N2+2. The van der Waals surface area contributed by atoms with Crippen molar-refractivity contribution < 1.29 is 9.80 Å². The van der Waals surface area contributed by atoms with Gasteiger partial charge in [-0.2, -0.15) is 0 Å². The van der Waals surface area contributed by atoms with E-state index in [2.05, 4.69) is 42.5 Å². The fraction of sp³-hybridized carbons (Fsp3) is 0.583. The first kappa shape index (κ1) is 16.8. The second kappa shape index (κ2) is 7.32. The zero-order valence-corrected chi connectivity index (χ0v) is 16.1. The summed E-state index contributed by atoms with van der Waals surface area (Å²) in [6.07, 6.45) is 10.4. The predicted molar refractivity (Wildman–Crippen MR) is 108 cm³/mol. The van der Waals surface area contributed by atoms with Gasteiger partial charge in [0.2, 0.25) is 0 Å². The smallest absolute Gasteiger partial charge is 0.143 e. The third-order valence-electron chi connectivity index (χ3n) is 7.61. The number of rotatable bonds is 3. The van der Waals surface area contributed by atoms with Crippen LogP contribution >= 0.6 is 0 Å². The third-order valence-corrected chi connectivity index (χ3v) is 7.61. The Morgan fingerprint density at radius 1 is 0.769 bits per heavy atom. The first-order valence-electron chi connectivity index (χ1n) is 11.1. The standard InChI is InChI=1S/C24H32N2/c1-2-8-21(9-3-1)24-23-11-6-14-25(23)15-16-26(24)18-19-12-13-20-7-4-5-10-22(20)17-19/h4-5,7,10,12-13,17,21,23-24H,1-3,6,8-9,11,14-16,18H2/p+2/t23-,24+/m1/s1. The monoisotopic (exact) mass is 350 g/mol. The van der Waals surface area contributed by atoms with Crippen molar-refractivity contribution in [1.82, 2.24) is 0 Å². The number of hydrogen-bond donors (Lipinski definition) is 2. The van der Waals surface area contributed by atoms with E-state index in [-0.39, 0.29) is 0 Å². The van der Waals surface area contributed by atoms with Crippen LogP contribution in [0.2, 0.25) is 0 Å². The molecule has 5 rings (SSSR count). The molecule has 2 aromatic carbocycles. The molecule has 3 fully saturated rings. The lowest BCUT2D eigenvalue weighted by molar-refractivity contribution is -1.05. The molecule has 1 aliphatic carbocycles. The van der Waals surface area contributed by atoms with Gasteiger partial charge >= 0.3 is 0 Å². The van der Waals surface area contributed by atoms with Crippen LogP contribution in [0.3, 0.4) is 0 Å². The van der Waals surface area contributed by atoms with Crippen LogP contribution in [0.1, 0.15) is 50.5 Å². The average Bonchev–Trinajstić information content (AvgIpc) is 3.17.